The van der Waals surface area contributed by atoms with E-state index < -0.39 is 0 Å². The van der Waals surface area contributed by atoms with Gasteiger partial charge in [-0.1, -0.05) is 48.5 Å². The van der Waals surface area contributed by atoms with Crippen LogP contribution in [0.4, 0.5) is 22.1 Å². The first-order valence-electron chi connectivity index (χ1n) is 12.9. The Morgan fingerprint density at radius 1 is 0.744 bits per heavy atom. The number of amides is 2. The van der Waals surface area contributed by atoms with Crippen molar-refractivity contribution in [2.24, 2.45) is 0 Å². The van der Waals surface area contributed by atoms with E-state index in [4.69, 9.17) is 4.98 Å². The number of nitrogens with one attached hydrogen (secondary N) is 2. The number of hydrogen-bond donors (Lipinski definition) is 2. The zero-order valence-electron chi connectivity index (χ0n) is 21.4. The van der Waals surface area contributed by atoms with Crippen molar-refractivity contribution in [3.05, 3.63) is 103 Å². The summed E-state index contributed by atoms with van der Waals surface area (Å²) in [5.41, 5.74) is 5.57. The molecule has 1 saturated heterocycles. The van der Waals surface area contributed by atoms with Crippen molar-refractivity contribution >= 4 is 34.4 Å². The highest BCUT2D eigenvalue weighted by Gasteiger charge is 2.20. The lowest BCUT2D eigenvalue weighted by molar-refractivity contribution is 0.251. The van der Waals surface area contributed by atoms with Gasteiger partial charge in [-0.25, -0.2) is 14.8 Å². The first kappa shape index (κ1) is 24.3. The van der Waals surface area contributed by atoms with Gasteiger partial charge in [-0.05, 0) is 41.0 Å². The van der Waals surface area contributed by atoms with Gasteiger partial charge in [0.15, 0.2) is 0 Å². The van der Waals surface area contributed by atoms with E-state index in [2.05, 4.69) is 41.5 Å². The molecular formula is C30H28N8O. The van der Waals surface area contributed by atoms with Crippen LogP contribution < -0.4 is 20.4 Å². The summed E-state index contributed by atoms with van der Waals surface area (Å²) < 4.78 is 0. The molecule has 2 N–H and O–H groups in total. The van der Waals surface area contributed by atoms with Gasteiger partial charge in [0.1, 0.15) is 11.6 Å². The van der Waals surface area contributed by atoms with Gasteiger partial charge >= 0.3 is 6.03 Å². The van der Waals surface area contributed by atoms with E-state index in [-0.39, 0.29) is 6.03 Å². The molecule has 3 aromatic carbocycles. The maximum atomic E-state index is 12.3. The molecule has 0 atom stereocenters. The van der Waals surface area contributed by atoms with Crippen molar-refractivity contribution in [1.82, 2.24) is 25.3 Å². The molecule has 0 aliphatic carbocycles. The maximum Gasteiger partial charge on any atom is 0.319 e. The first-order valence-corrected chi connectivity index (χ1v) is 12.9. The third kappa shape index (κ3) is 5.77. The summed E-state index contributed by atoms with van der Waals surface area (Å²) in [6.07, 6.45) is 7.07. The number of anilines is 3. The molecule has 0 spiro atoms. The van der Waals surface area contributed by atoms with Crippen molar-refractivity contribution in [2.75, 3.05) is 41.3 Å². The van der Waals surface area contributed by atoms with Crippen LogP contribution >= 0.6 is 0 Å². The van der Waals surface area contributed by atoms with Crippen LogP contribution in [0, 0.1) is 0 Å². The summed E-state index contributed by atoms with van der Waals surface area (Å²) in [6.45, 7) is 3.85. The van der Waals surface area contributed by atoms with Crippen LogP contribution in [0.25, 0.3) is 22.2 Å². The quantitative estimate of drug-likeness (QED) is 0.336. The number of carbonyl (C=O) groups is 1. The van der Waals surface area contributed by atoms with Crippen LogP contribution in [0.15, 0.2) is 97.6 Å². The van der Waals surface area contributed by atoms with Gasteiger partial charge in [-0.15, -0.1) is 0 Å². The average Bonchev–Trinajstić information content (AvgIpc) is 3.01. The number of benzene rings is 3. The van der Waals surface area contributed by atoms with E-state index in [0.29, 0.717) is 6.54 Å². The monoisotopic (exact) mass is 516 g/mol. The highest BCUT2D eigenvalue weighted by atomic mass is 16.2. The third-order valence-electron chi connectivity index (χ3n) is 6.78. The number of nitrogens with zero attached hydrogens (tertiary/aromatic N) is 6. The van der Waals surface area contributed by atoms with E-state index >= 15 is 0 Å². The van der Waals surface area contributed by atoms with Gasteiger partial charge in [-0.3, -0.25) is 9.97 Å². The molecule has 1 aliphatic heterocycles. The van der Waals surface area contributed by atoms with Crippen LogP contribution in [0.1, 0.15) is 5.56 Å². The van der Waals surface area contributed by atoms with Gasteiger partial charge in [0, 0.05) is 50.8 Å². The Morgan fingerprint density at radius 2 is 1.49 bits per heavy atom. The Balaban J connectivity index is 1.10. The maximum absolute atomic E-state index is 12.3. The standard InChI is InChI=1S/C30H28N8O/c39-30(34-19-22-4-2-1-3-5-22)35-25-9-6-23(7-10-25)24-8-11-26-27(18-24)36-29(21-33-26)38-16-14-37(15-17-38)28-20-31-12-13-32-28/h1-13,18,20-21H,14-17,19H2,(H2,34,35,39). The normalized spacial score (nSPS) is 13.3. The van der Waals surface area contributed by atoms with Gasteiger partial charge in [-0.2, -0.15) is 0 Å². The van der Waals surface area contributed by atoms with Gasteiger partial charge < -0.3 is 20.4 Å². The molecule has 6 rings (SSSR count). The predicted octanol–water partition coefficient (Wildman–Crippen LogP) is 4.74. The van der Waals surface area contributed by atoms with E-state index in [1.165, 1.54) is 0 Å². The second-order valence-electron chi connectivity index (χ2n) is 9.34. The van der Waals surface area contributed by atoms with Crippen molar-refractivity contribution < 1.29 is 4.79 Å². The van der Waals surface area contributed by atoms with E-state index in [1.54, 1.807) is 18.6 Å². The Hall–Kier alpha value is -5.05. The highest BCUT2D eigenvalue weighted by molar-refractivity contribution is 5.90. The number of hydrogen-bond acceptors (Lipinski definition) is 7. The van der Waals surface area contributed by atoms with Crippen molar-refractivity contribution in [3.63, 3.8) is 0 Å². The molecule has 0 radical (unpaired) electrons. The summed E-state index contributed by atoms with van der Waals surface area (Å²) >= 11 is 0. The minimum atomic E-state index is -0.238. The minimum Gasteiger partial charge on any atom is -0.352 e. The lowest BCUT2D eigenvalue weighted by atomic mass is 10.0. The SMILES string of the molecule is O=C(NCc1ccccc1)Nc1ccc(-c2ccc3ncc(N4CCN(c5cnccn5)CC4)nc3c2)cc1. The summed E-state index contributed by atoms with van der Waals surface area (Å²) in [7, 11) is 0. The Morgan fingerprint density at radius 3 is 2.23 bits per heavy atom. The predicted molar refractivity (Wildman–Crippen MR) is 154 cm³/mol. The largest absolute Gasteiger partial charge is 0.352 e. The van der Waals surface area contributed by atoms with E-state index in [1.807, 2.05) is 72.9 Å². The number of fused-ring (bicyclic) bond motifs is 1. The Kier molecular flexibility index (Phi) is 6.94. The number of aromatic nitrogens is 4. The summed E-state index contributed by atoms with van der Waals surface area (Å²) in [5.74, 6) is 1.78. The molecule has 9 heteroatoms. The average molecular weight is 517 g/mol. The molecule has 39 heavy (non-hydrogen) atoms. The fraction of sp³-hybridized carbons (Fsp3) is 0.167. The minimum absolute atomic E-state index is 0.238. The molecule has 9 nitrogen and oxygen atoms in total. The number of piperazine rings is 1. The smallest absolute Gasteiger partial charge is 0.319 e. The molecule has 1 fully saturated rings. The van der Waals surface area contributed by atoms with Gasteiger partial charge in [0.25, 0.3) is 0 Å². The molecule has 194 valence electrons. The molecule has 5 aromatic rings. The molecule has 0 unspecified atom stereocenters. The molecule has 1 aliphatic rings. The molecular weight excluding hydrogens is 488 g/mol. The van der Waals surface area contributed by atoms with Crippen molar-refractivity contribution in [3.8, 4) is 11.1 Å². The summed E-state index contributed by atoms with van der Waals surface area (Å²) in [4.78, 5) is 35.0. The third-order valence-corrected chi connectivity index (χ3v) is 6.78. The second kappa shape index (κ2) is 11.1. The zero-order valence-corrected chi connectivity index (χ0v) is 21.4. The topological polar surface area (TPSA) is 99.2 Å². The molecule has 2 amide bonds. The molecule has 0 saturated carbocycles. The lowest BCUT2D eigenvalue weighted by Gasteiger charge is -2.35. The summed E-state index contributed by atoms with van der Waals surface area (Å²) in [6, 6.07) is 23.5. The van der Waals surface area contributed by atoms with Crippen LogP contribution in [-0.4, -0.2) is 52.1 Å². The van der Waals surface area contributed by atoms with Crippen LogP contribution in [0.2, 0.25) is 0 Å². The highest BCUT2D eigenvalue weighted by Crippen LogP contribution is 2.26. The lowest BCUT2D eigenvalue weighted by Crippen LogP contribution is -2.47. The first-order chi connectivity index (χ1) is 19.2. The van der Waals surface area contributed by atoms with Gasteiger partial charge in [0.2, 0.25) is 0 Å². The van der Waals surface area contributed by atoms with Crippen LogP contribution in [-0.2, 0) is 6.54 Å². The fourth-order valence-corrected chi connectivity index (χ4v) is 4.65. The number of rotatable bonds is 6. The van der Waals surface area contributed by atoms with Gasteiger partial charge in [0.05, 0.1) is 23.4 Å². The summed E-state index contributed by atoms with van der Waals surface area (Å²) in [5, 5.41) is 5.77. The Labute approximate surface area is 226 Å². The fourth-order valence-electron chi connectivity index (χ4n) is 4.65. The second-order valence-corrected chi connectivity index (χ2v) is 9.34. The van der Waals surface area contributed by atoms with Crippen molar-refractivity contribution in [1.29, 1.82) is 0 Å². The molecule has 0 bridgehead atoms. The Bertz CT molecular complexity index is 1550. The van der Waals surface area contributed by atoms with Crippen molar-refractivity contribution in [2.45, 2.75) is 6.54 Å². The van der Waals surface area contributed by atoms with Crippen LogP contribution in [0.3, 0.4) is 0 Å². The molecule has 2 aromatic heterocycles. The van der Waals surface area contributed by atoms with Crippen LogP contribution in [0.5, 0.6) is 0 Å². The zero-order chi connectivity index (χ0) is 26.4. The molecule has 3 heterocycles. The number of urea groups is 1. The van der Waals surface area contributed by atoms with E-state index in [9.17, 15) is 4.79 Å². The van der Waals surface area contributed by atoms with E-state index in [0.717, 1.165) is 71.2 Å². The number of carbonyl (C=O) groups excluding carboxylic acids is 1.